The van der Waals surface area contributed by atoms with Crippen LogP contribution in [-0.2, 0) is 9.59 Å². The van der Waals surface area contributed by atoms with Gasteiger partial charge in [-0.15, -0.1) is 0 Å². The Bertz CT molecular complexity index is 173. The van der Waals surface area contributed by atoms with Gasteiger partial charge < -0.3 is 0 Å². The standard InChI is InChI=1S/C6H7O4.Na/c1-2-3-4(5(7)8)6(9)10;/h1-2,4H,3H2,(H,7,8)(H,9,10);. The summed E-state index contributed by atoms with van der Waals surface area (Å²) in [5, 5.41) is 16.7. The Balaban J connectivity index is 4.12. The van der Waals surface area contributed by atoms with Crippen LogP contribution in [0.4, 0.5) is 0 Å². The topological polar surface area (TPSA) is 74.6 Å². The number of carboxylic acids is 2. The number of hydrogen-bond donors (Lipinski definition) is 2. The van der Waals surface area contributed by atoms with Gasteiger partial charge in [-0.1, -0.05) is 0 Å². The molecule has 0 atom stereocenters. The first-order chi connectivity index (χ1) is 5.09. The summed E-state index contributed by atoms with van der Waals surface area (Å²) in [6.07, 6.45) is 1.66. The van der Waals surface area contributed by atoms with Crippen molar-refractivity contribution in [3.05, 3.63) is 9.40 Å². The molecule has 0 rings (SSSR count). The summed E-state index contributed by atoms with van der Waals surface area (Å²) in [5.74, 6) is -3.85. The summed E-state index contributed by atoms with van der Waals surface area (Å²) >= 11 is 0.820. The van der Waals surface area contributed by atoms with Gasteiger partial charge in [0.25, 0.3) is 0 Å². The number of carboxylic acid groups (broad SMARTS) is 2. The molecule has 0 heterocycles. The third-order valence-electron chi connectivity index (χ3n) is 1.20. The first kappa shape index (κ1) is 10.7. The molecule has 0 amide bonds. The Morgan fingerprint density at radius 1 is 1.36 bits per heavy atom. The molecule has 0 saturated carbocycles. The second-order valence-corrected chi connectivity index (χ2v) is 2.70. The molecular weight excluding hydrogens is 159 g/mol. The van der Waals surface area contributed by atoms with Gasteiger partial charge in [0, 0.05) is 0 Å². The molecule has 0 fully saturated rings. The van der Waals surface area contributed by atoms with Crippen LogP contribution in [0.15, 0.2) is 9.40 Å². The summed E-state index contributed by atoms with van der Waals surface area (Å²) in [4.78, 5) is 20.5. The van der Waals surface area contributed by atoms with Crippen molar-refractivity contribution in [1.29, 1.82) is 0 Å². The first-order valence-corrected chi connectivity index (χ1v) is 4.31. The Kier molecular flexibility index (Phi) is 5.19. The molecule has 0 aliphatic carbocycles. The molecule has 0 aliphatic rings. The molecule has 0 unspecified atom stereocenters. The molecule has 0 aliphatic heterocycles. The second-order valence-electron chi connectivity index (χ2n) is 2.03. The summed E-state index contributed by atoms with van der Waals surface area (Å²) in [6.45, 7) is 0. The molecule has 0 aromatic carbocycles. The van der Waals surface area contributed by atoms with E-state index < -0.39 is 17.9 Å². The Morgan fingerprint density at radius 2 is 1.82 bits per heavy atom. The maximum absolute atomic E-state index is 10.2. The van der Waals surface area contributed by atoms with Gasteiger partial charge in [-0.2, -0.15) is 0 Å². The van der Waals surface area contributed by atoms with Crippen molar-refractivity contribution in [3.63, 3.8) is 0 Å². The monoisotopic (exact) mass is 166 g/mol. The van der Waals surface area contributed by atoms with Gasteiger partial charge in [-0.25, -0.2) is 0 Å². The molecule has 5 heteroatoms. The first-order valence-electron chi connectivity index (χ1n) is 3.16. The summed E-state index contributed by atoms with van der Waals surface area (Å²) in [5.41, 5.74) is 0. The minimum absolute atomic E-state index is 0.0775. The van der Waals surface area contributed by atoms with Crippen LogP contribution in [0, 0.1) is 5.92 Å². The van der Waals surface area contributed by atoms with Gasteiger partial charge in [-0.05, 0) is 0 Å². The van der Waals surface area contributed by atoms with Crippen LogP contribution in [0.3, 0.4) is 0 Å². The van der Waals surface area contributed by atoms with Gasteiger partial charge in [0.05, 0.1) is 0 Å². The molecular formula is C6H7NaO4. The van der Waals surface area contributed by atoms with E-state index in [1.165, 1.54) is 0 Å². The predicted molar refractivity (Wildman–Crippen MR) is 38.3 cm³/mol. The SMILES string of the molecule is O=C(O)C(CC=[CH][Na])C(=O)O. The van der Waals surface area contributed by atoms with Crippen molar-refractivity contribution in [2.24, 2.45) is 5.92 Å². The van der Waals surface area contributed by atoms with E-state index in [1.54, 1.807) is 9.40 Å². The quantitative estimate of drug-likeness (QED) is 0.449. The fraction of sp³-hybridized carbons (Fsp3) is 0.333. The zero-order chi connectivity index (χ0) is 8.85. The molecule has 4 nitrogen and oxygen atoms in total. The van der Waals surface area contributed by atoms with Crippen LogP contribution < -0.4 is 0 Å². The van der Waals surface area contributed by atoms with Gasteiger partial charge in [-0.3, -0.25) is 0 Å². The van der Waals surface area contributed by atoms with Crippen LogP contribution in [0.2, 0.25) is 0 Å². The van der Waals surface area contributed by atoms with Gasteiger partial charge in [0.1, 0.15) is 0 Å². The fourth-order valence-corrected chi connectivity index (χ4v) is 0.852. The molecule has 2 N–H and O–H groups in total. The Hall–Kier alpha value is -0.320. The zero-order valence-electron chi connectivity index (χ0n) is 6.15. The Labute approximate surface area is 81.3 Å². The van der Waals surface area contributed by atoms with Gasteiger partial charge in [0.15, 0.2) is 0 Å². The van der Waals surface area contributed by atoms with E-state index in [4.69, 9.17) is 10.2 Å². The van der Waals surface area contributed by atoms with E-state index in [0.717, 1.165) is 27.9 Å². The van der Waals surface area contributed by atoms with Gasteiger partial charge >= 0.3 is 81.4 Å². The number of hydrogen-bond acceptors (Lipinski definition) is 2. The second kappa shape index (κ2) is 5.35. The molecule has 0 radical (unpaired) electrons. The van der Waals surface area contributed by atoms with Crippen LogP contribution in [0.25, 0.3) is 0 Å². The minimum atomic E-state index is -1.29. The molecule has 11 heavy (non-hydrogen) atoms. The van der Waals surface area contributed by atoms with Gasteiger partial charge in [0.2, 0.25) is 0 Å². The summed E-state index contributed by atoms with van der Waals surface area (Å²) in [6, 6.07) is 0. The molecule has 0 aromatic rings. The van der Waals surface area contributed by atoms with Crippen LogP contribution in [0.1, 0.15) is 6.42 Å². The summed E-state index contributed by atoms with van der Waals surface area (Å²) in [7, 11) is 0. The molecule has 56 valence electrons. The number of aliphatic carboxylic acids is 2. The number of carbonyl (C=O) groups is 2. The normalized spacial score (nSPS) is 10.8. The van der Waals surface area contributed by atoms with E-state index in [9.17, 15) is 9.59 Å². The third kappa shape index (κ3) is 4.19. The summed E-state index contributed by atoms with van der Waals surface area (Å²) < 4.78 is 1.76. The predicted octanol–water partition coefficient (Wildman–Crippen LogP) is -0.156. The van der Waals surface area contributed by atoms with Crippen molar-refractivity contribution in [3.8, 4) is 0 Å². The van der Waals surface area contributed by atoms with E-state index >= 15 is 0 Å². The van der Waals surface area contributed by atoms with Crippen molar-refractivity contribution >= 4 is 39.9 Å². The zero-order valence-corrected chi connectivity index (χ0v) is 8.15. The molecule has 0 saturated heterocycles. The third-order valence-corrected chi connectivity index (χ3v) is 1.68. The van der Waals surface area contributed by atoms with E-state index in [2.05, 4.69) is 0 Å². The fourth-order valence-electron chi connectivity index (χ4n) is 0.579. The van der Waals surface area contributed by atoms with Crippen LogP contribution in [0.5, 0.6) is 0 Å². The van der Waals surface area contributed by atoms with E-state index in [0.29, 0.717) is 0 Å². The number of rotatable bonds is 4. The Morgan fingerprint density at radius 3 is 2.09 bits per heavy atom. The van der Waals surface area contributed by atoms with Crippen molar-refractivity contribution in [1.82, 2.24) is 0 Å². The molecule has 0 spiro atoms. The van der Waals surface area contributed by atoms with Crippen molar-refractivity contribution in [2.75, 3.05) is 0 Å². The van der Waals surface area contributed by atoms with E-state index in [-0.39, 0.29) is 6.42 Å². The average Bonchev–Trinajstić information content (AvgIpc) is 1.87. The van der Waals surface area contributed by atoms with Crippen molar-refractivity contribution in [2.45, 2.75) is 6.42 Å². The maximum atomic E-state index is 10.2. The molecule has 0 aromatic heterocycles. The van der Waals surface area contributed by atoms with Crippen LogP contribution >= 0.6 is 0 Å². The van der Waals surface area contributed by atoms with Crippen molar-refractivity contribution < 1.29 is 19.8 Å². The van der Waals surface area contributed by atoms with Crippen LogP contribution in [-0.4, -0.2) is 50.1 Å². The average molecular weight is 166 g/mol. The number of allylic oxidation sites excluding steroid dienone is 1. The van der Waals surface area contributed by atoms with E-state index in [1.807, 2.05) is 0 Å². The molecule has 0 bridgehead atoms.